The Hall–Kier alpha value is -4.04. The SMILES string of the molecule is CN(C)c1ccc(C(=NNc2ccc(C(=O)O)cc2)c2ccc(N(C)C)c([NH+]([O-])O)c2)cc1[NH+]([O-])O. The van der Waals surface area contributed by atoms with E-state index in [0.29, 0.717) is 33.9 Å². The summed E-state index contributed by atoms with van der Waals surface area (Å²) < 4.78 is 0. The third-order valence-electron chi connectivity index (χ3n) is 5.39. The quantitative estimate of drug-likeness (QED) is 0.189. The summed E-state index contributed by atoms with van der Waals surface area (Å²) in [6.45, 7) is 0. The minimum absolute atomic E-state index is 0.0550. The summed E-state index contributed by atoms with van der Waals surface area (Å²) in [7, 11) is 6.94. The fourth-order valence-corrected chi connectivity index (χ4v) is 3.59. The van der Waals surface area contributed by atoms with Crippen LogP contribution in [-0.2, 0) is 0 Å². The second kappa shape index (κ2) is 11.1. The minimum Gasteiger partial charge on any atom is -0.595 e. The smallest absolute Gasteiger partial charge is 0.335 e. The van der Waals surface area contributed by atoms with Crippen LogP contribution in [-0.4, -0.2) is 55.4 Å². The Labute approximate surface area is 207 Å². The van der Waals surface area contributed by atoms with E-state index in [1.807, 2.05) is 0 Å². The molecule has 0 aliphatic carbocycles. The van der Waals surface area contributed by atoms with Gasteiger partial charge < -0.3 is 25.3 Å². The number of hydrazone groups is 1. The van der Waals surface area contributed by atoms with Crippen molar-refractivity contribution in [3.05, 3.63) is 87.8 Å². The molecule has 0 aliphatic rings. The van der Waals surface area contributed by atoms with Crippen molar-refractivity contribution >= 4 is 40.1 Å². The lowest BCUT2D eigenvalue weighted by molar-refractivity contribution is -0.990. The number of benzene rings is 3. The van der Waals surface area contributed by atoms with E-state index in [-0.39, 0.29) is 16.9 Å². The molecule has 12 heteroatoms. The van der Waals surface area contributed by atoms with Crippen molar-refractivity contribution in [2.24, 2.45) is 5.10 Å². The number of quaternary nitrogens is 2. The first-order valence-corrected chi connectivity index (χ1v) is 10.8. The van der Waals surface area contributed by atoms with Gasteiger partial charge in [0.25, 0.3) is 0 Å². The van der Waals surface area contributed by atoms with Gasteiger partial charge in [0.1, 0.15) is 11.4 Å². The first kappa shape index (κ1) is 26.6. The molecule has 0 amide bonds. The fourth-order valence-electron chi connectivity index (χ4n) is 3.59. The molecule has 0 saturated carbocycles. The van der Waals surface area contributed by atoms with Gasteiger partial charge in [-0.25, -0.2) is 15.2 Å². The summed E-state index contributed by atoms with van der Waals surface area (Å²) in [5.74, 6) is -1.06. The topological polar surface area (TPSA) is 164 Å². The molecule has 0 saturated heterocycles. The molecule has 2 unspecified atom stereocenters. The Morgan fingerprint density at radius 3 is 1.56 bits per heavy atom. The van der Waals surface area contributed by atoms with E-state index in [2.05, 4.69) is 10.5 Å². The van der Waals surface area contributed by atoms with E-state index in [1.54, 1.807) is 74.4 Å². The zero-order valence-corrected chi connectivity index (χ0v) is 20.2. The first-order valence-electron chi connectivity index (χ1n) is 10.8. The summed E-state index contributed by atoms with van der Waals surface area (Å²) in [6, 6.07) is 15.6. The molecule has 2 atom stereocenters. The average molecular weight is 497 g/mol. The van der Waals surface area contributed by atoms with Gasteiger partial charge >= 0.3 is 5.97 Å². The highest BCUT2D eigenvalue weighted by Gasteiger charge is 2.19. The number of nitrogens with zero attached hydrogens (tertiary/aromatic N) is 3. The normalized spacial score (nSPS) is 12.4. The van der Waals surface area contributed by atoms with Crippen LogP contribution in [0.1, 0.15) is 21.5 Å². The van der Waals surface area contributed by atoms with E-state index < -0.39 is 16.4 Å². The van der Waals surface area contributed by atoms with Crippen LogP contribution in [0.3, 0.4) is 0 Å². The lowest BCUT2D eigenvalue weighted by Gasteiger charge is -2.23. The van der Waals surface area contributed by atoms with Gasteiger partial charge in [-0.3, -0.25) is 5.43 Å². The fraction of sp³-hybridized carbons (Fsp3) is 0.167. The predicted octanol–water partition coefficient (Wildman–Crippen LogP) is 1.19. The van der Waals surface area contributed by atoms with Crippen LogP contribution in [0.25, 0.3) is 0 Å². The minimum atomic E-state index is -1.12. The van der Waals surface area contributed by atoms with Crippen molar-refractivity contribution in [1.82, 2.24) is 0 Å². The molecule has 190 valence electrons. The Kier molecular flexibility index (Phi) is 8.22. The molecule has 0 heterocycles. The first-order chi connectivity index (χ1) is 17.0. The summed E-state index contributed by atoms with van der Waals surface area (Å²) in [4.78, 5) is 14.5. The van der Waals surface area contributed by atoms with Crippen molar-refractivity contribution < 1.29 is 30.8 Å². The molecular formula is C24H28N6O6. The Morgan fingerprint density at radius 2 is 1.19 bits per heavy atom. The molecule has 12 nitrogen and oxygen atoms in total. The van der Waals surface area contributed by atoms with Crippen molar-refractivity contribution in [2.75, 3.05) is 43.4 Å². The molecule has 3 aromatic rings. The maximum atomic E-state index is 12.0. The van der Waals surface area contributed by atoms with Gasteiger partial charge in [-0.2, -0.15) is 15.6 Å². The van der Waals surface area contributed by atoms with E-state index >= 15 is 0 Å². The lowest BCUT2D eigenvalue weighted by Crippen LogP contribution is -2.99. The van der Waals surface area contributed by atoms with E-state index in [4.69, 9.17) is 5.11 Å². The second-order valence-corrected chi connectivity index (χ2v) is 8.32. The van der Waals surface area contributed by atoms with Gasteiger partial charge in [-0.15, -0.1) is 0 Å². The van der Waals surface area contributed by atoms with Gasteiger partial charge in [0, 0.05) is 51.5 Å². The number of hydrogen-bond acceptors (Lipinski definition) is 9. The van der Waals surface area contributed by atoms with Crippen LogP contribution in [0.15, 0.2) is 65.8 Å². The highest BCUT2D eigenvalue weighted by Crippen LogP contribution is 2.27. The van der Waals surface area contributed by atoms with Crippen LogP contribution in [0, 0.1) is 10.4 Å². The number of carboxylic acids is 1. The van der Waals surface area contributed by atoms with Crippen LogP contribution in [0.5, 0.6) is 0 Å². The predicted molar refractivity (Wildman–Crippen MR) is 136 cm³/mol. The highest BCUT2D eigenvalue weighted by molar-refractivity contribution is 6.14. The van der Waals surface area contributed by atoms with Crippen LogP contribution >= 0.6 is 0 Å². The maximum absolute atomic E-state index is 12.0. The number of nitrogens with one attached hydrogen (secondary N) is 3. The van der Waals surface area contributed by atoms with Gasteiger partial charge in [0.2, 0.25) is 0 Å². The van der Waals surface area contributed by atoms with Crippen LogP contribution in [0.4, 0.5) is 28.4 Å². The monoisotopic (exact) mass is 496 g/mol. The molecular weight excluding hydrogens is 468 g/mol. The number of aromatic carboxylic acids is 1. The van der Waals surface area contributed by atoms with E-state index in [1.165, 1.54) is 24.3 Å². The number of anilines is 3. The van der Waals surface area contributed by atoms with E-state index in [0.717, 1.165) is 0 Å². The molecule has 0 aliphatic heterocycles. The van der Waals surface area contributed by atoms with Crippen molar-refractivity contribution in [1.29, 1.82) is 0 Å². The zero-order chi connectivity index (χ0) is 26.6. The molecule has 6 N–H and O–H groups in total. The van der Waals surface area contributed by atoms with Gasteiger partial charge in [-0.1, -0.05) is 12.1 Å². The van der Waals surface area contributed by atoms with Crippen molar-refractivity contribution in [2.45, 2.75) is 0 Å². The Bertz CT molecular complexity index is 1190. The molecule has 0 radical (unpaired) electrons. The summed E-state index contributed by atoms with van der Waals surface area (Å²) in [5, 5.41) is 54.8. The standard InChI is InChI=1S/C24H28N6O6/c1-27(2)19-11-7-16(13-21(19)29(33)34)23(26-25-18-9-5-15(6-10-18)24(31)32)17-8-12-20(28(3)4)22(14-17)30(35)36/h5-14,25,29-30,33,35H,1-4H3,(H,31,32). The molecule has 3 rings (SSSR count). The lowest BCUT2D eigenvalue weighted by atomic mass is 10.00. The average Bonchev–Trinajstić information content (AvgIpc) is 2.83. The third-order valence-corrected chi connectivity index (χ3v) is 5.39. The number of carbonyl (C=O) groups is 1. The number of carboxylic acid groups (broad SMARTS) is 1. The molecule has 0 aromatic heterocycles. The van der Waals surface area contributed by atoms with Crippen LogP contribution in [0.2, 0.25) is 0 Å². The maximum Gasteiger partial charge on any atom is 0.335 e. The molecule has 0 spiro atoms. The van der Waals surface area contributed by atoms with Crippen molar-refractivity contribution in [3.63, 3.8) is 0 Å². The highest BCUT2D eigenvalue weighted by atomic mass is 16.8. The summed E-state index contributed by atoms with van der Waals surface area (Å²) in [6.07, 6.45) is 0. The molecule has 0 fully saturated rings. The third kappa shape index (κ3) is 5.95. The number of rotatable bonds is 9. The second-order valence-electron chi connectivity index (χ2n) is 8.32. The zero-order valence-electron chi connectivity index (χ0n) is 20.2. The number of hydrogen-bond donors (Lipinski definition) is 6. The van der Waals surface area contributed by atoms with Gasteiger partial charge in [-0.05, 0) is 36.4 Å². The Morgan fingerprint density at radius 1 is 0.778 bits per heavy atom. The van der Waals surface area contributed by atoms with Crippen LogP contribution < -0.4 is 25.7 Å². The molecule has 3 aromatic carbocycles. The van der Waals surface area contributed by atoms with Gasteiger partial charge in [0.05, 0.1) is 17.0 Å². The van der Waals surface area contributed by atoms with Crippen molar-refractivity contribution in [3.8, 4) is 0 Å². The summed E-state index contributed by atoms with van der Waals surface area (Å²) in [5.41, 5.74) is 5.76. The largest absolute Gasteiger partial charge is 0.595 e. The van der Waals surface area contributed by atoms with E-state index in [9.17, 15) is 25.6 Å². The van der Waals surface area contributed by atoms with Gasteiger partial charge in [0.15, 0.2) is 11.4 Å². The molecule has 0 bridgehead atoms. The molecule has 36 heavy (non-hydrogen) atoms. The summed E-state index contributed by atoms with van der Waals surface area (Å²) >= 11 is 0. The Balaban J connectivity index is 2.16.